The average Bonchev–Trinajstić information content (AvgIpc) is 2.78. The Balaban J connectivity index is 1.55. The molecule has 2 amide bonds. The van der Waals surface area contributed by atoms with Crippen molar-refractivity contribution in [3.05, 3.63) is 54.1 Å². The van der Waals surface area contributed by atoms with E-state index in [9.17, 15) is 31.2 Å². The number of anilines is 1. The fourth-order valence-corrected chi connectivity index (χ4v) is 5.46. The van der Waals surface area contributed by atoms with Crippen molar-refractivity contribution in [2.45, 2.75) is 28.7 Å². The molecule has 2 aromatic rings. The van der Waals surface area contributed by atoms with E-state index in [-0.39, 0.29) is 18.2 Å². The lowest BCUT2D eigenvalue weighted by atomic mass is 10.2. The van der Waals surface area contributed by atoms with Crippen LogP contribution in [0.15, 0.2) is 53.4 Å². The summed E-state index contributed by atoms with van der Waals surface area (Å²) in [4.78, 5) is 24.0. The van der Waals surface area contributed by atoms with E-state index < -0.39 is 43.1 Å². The van der Waals surface area contributed by atoms with Gasteiger partial charge in [-0.25, -0.2) is 8.42 Å². The zero-order valence-corrected chi connectivity index (χ0v) is 19.5. The number of rotatable bonds is 8. The summed E-state index contributed by atoms with van der Waals surface area (Å²) in [5.41, 5.74) is -1.31. The highest BCUT2D eigenvalue weighted by atomic mass is 32.2. The van der Waals surface area contributed by atoms with Gasteiger partial charge >= 0.3 is 6.18 Å². The molecular formula is C21H22F3N3O5S2. The molecule has 34 heavy (non-hydrogen) atoms. The summed E-state index contributed by atoms with van der Waals surface area (Å²) in [5.74, 6) is -0.584. The monoisotopic (exact) mass is 517 g/mol. The lowest BCUT2D eigenvalue weighted by molar-refractivity contribution is -0.137. The number of carbonyl (C=O) groups excluding carboxylic acids is 2. The standard InChI is InChI=1S/C21H22F3N3O5S2/c1-2-32-15-8-6-14(7-9-15)26-18(28)12-33-20-25-11-17(19(29)27-20)34(30,31)16-5-3-4-13(10-16)21(22,23)24/h3-10,17,20,25H,2,11-12H2,1H3,(H,26,28)(H,27,29). The lowest BCUT2D eigenvalue weighted by Crippen LogP contribution is -2.59. The smallest absolute Gasteiger partial charge is 0.416 e. The first-order chi connectivity index (χ1) is 16.0. The molecule has 184 valence electrons. The molecule has 0 aromatic heterocycles. The molecule has 1 aliphatic rings. The van der Waals surface area contributed by atoms with E-state index >= 15 is 0 Å². The molecule has 0 spiro atoms. The lowest BCUT2D eigenvalue weighted by Gasteiger charge is -2.29. The molecule has 1 heterocycles. The van der Waals surface area contributed by atoms with Gasteiger partial charge in [-0.05, 0) is 49.4 Å². The van der Waals surface area contributed by atoms with Crippen molar-refractivity contribution in [2.24, 2.45) is 0 Å². The number of hydrogen-bond donors (Lipinski definition) is 3. The molecule has 3 N–H and O–H groups in total. The van der Waals surface area contributed by atoms with Crippen LogP contribution in [0.2, 0.25) is 0 Å². The Labute approximate surface area is 198 Å². The summed E-state index contributed by atoms with van der Waals surface area (Å²) in [6.07, 6.45) is -4.72. The molecule has 3 rings (SSSR count). The number of ether oxygens (including phenoxy) is 1. The first kappa shape index (κ1) is 25.8. The van der Waals surface area contributed by atoms with Gasteiger partial charge in [0.2, 0.25) is 11.8 Å². The van der Waals surface area contributed by atoms with Crippen molar-refractivity contribution in [3.63, 3.8) is 0 Å². The minimum Gasteiger partial charge on any atom is -0.494 e. The molecule has 1 fully saturated rings. The molecule has 0 saturated carbocycles. The zero-order chi connectivity index (χ0) is 24.9. The van der Waals surface area contributed by atoms with Crippen LogP contribution in [0.5, 0.6) is 5.75 Å². The highest BCUT2D eigenvalue weighted by molar-refractivity contribution is 8.00. The van der Waals surface area contributed by atoms with Crippen LogP contribution in [0, 0.1) is 0 Å². The summed E-state index contributed by atoms with van der Waals surface area (Å²) in [7, 11) is -4.37. The van der Waals surface area contributed by atoms with Crippen molar-refractivity contribution in [3.8, 4) is 5.75 Å². The van der Waals surface area contributed by atoms with Crippen LogP contribution >= 0.6 is 11.8 Å². The molecule has 0 radical (unpaired) electrons. The second-order valence-electron chi connectivity index (χ2n) is 7.17. The van der Waals surface area contributed by atoms with Gasteiger partial charge in [-0.15, -0.1) is 11.8 Å². The van der Waals surface area contributed by atoms with Crippen LogP contribution in [-0.4, -0.2) is 49.9 Å². The Kier molecular flexibility index (Phi) is 8.10. The second-order valence-corrected chi connectivity index (χ2v) is 10.4. The number of nitrogens with one attached hydrogen (secondary N) is 3. The Morgan fingerprint density at radius 2 is 1.91 bits per heavy atom. The van der Waals surface area contributed by atoms with Crippen molar-refractivity contribution >= 4 is 39.1 Å². The molecule has 1 saturated heterocycles. The van der Waals surface area contributed by atoms with E-state index in [1.165, 1.54) is 0 Å². The molecule has 8 nitrogen and oxygen atoms in total. The summed E-state index contributed by atoms with van der Waals surface area (Å²) in [5, 5.41) is 6.32. The number of hydrogen-bond acceptors (Lipinski definition) is 7. The van der Waals surface area contributed by atoms with E-state index in [0.29, 0.717) is 24.1 Å². The zero-order valence-electron chi connectivity index (χ0n) is 17.9. The molecule has 0 aliphatic carbocycles. The van der Waals surface area contributed by atoms with E-state index in [2.05, 4.69) is 16.0 Å². The van der Waals surface area contributed by atoms with Gasteiger partial charge in [0.05, 0.1) is 22.8 Å². The fraction of sp³-hybridized carbons (Fsp3) is 0.333. The van der Waals surface area contributed by atoms with Gasteiger partial charge in [0.15, 0.2) is 15.1 Å². The largest absolute Gasteiger partial charge is 0.494 e. The fourth-order valence-electron chi connectivity index (χ4n) is 3.10. The summed E-state index contributed by atoms with van der Waals surface area (Å²) in [6.45, 7) is 2.06. The minimum atomic E-state index is -4.72. The Morgan fingerprint density at radius 3 is 2.53 bits per heavy atom. The SMILES string of the molecule is CCOc1ccc(NC(=O)CSC2NCC(S(=O)(=O)c3cccc(C(F)(F)F)c3)C(=O)N2)cc1. The number of carbonyl (C=O) groups is 2. The summed E-state index contributed by atoms with van der Waals surface area (Å²) < 4.78 is 69.7. The van der Waals surface area contributed by atoms with Crippen LogP contribution in [0.3, 0.4) is 0 Å². The normalized spacial score (nSPS) is 18.8. The first-order valence-corrected chi connectivity index (χ1v) is 12.7. The predicted octanol–water partition coefficient (Wildman–Crippen LogP) is 2.62. The topological polar surface area (TPSA) is 114 Å². The Morgan fingerprint density at radius 1 is 1.21 bits per heavy atom. The maximum atomic E-state index is 12.9. The maximum absolute atomic E-state index is 12.9. The molecule has 0 bridgehead atoms. The average molecular weight is 518 g/mol. The van der Waals surface area contributed by atoms with Gasteiger partial charge in [0, 0.05) is 12.2 Å². The third kappa shape index (κ3) is 6.42. The van der Waals surface area contributed by atoms with Crippen molar-refractivity contribution in [2.75, 3.05) is 24.2 Å². The van der Waals surface area contributed by atoms with Gasteiger partial charge in [0.1, 0.15) is 11.2 Å². The van der Waals surface area contributed by atoms with E-state index in [1.54, 1.807) is 24.3 Å². The predicted molar refractivity (Wildman–Crippen MR) is 121 cm³/mol. The number of thioether (sulfide) groups is 1. The third-order valence-corrected chi connectivity index (χ3v) is 7.84. The van der Waals surface area contributed by atoms with Crippen molar-refractivity contribution < 1.29 is 35.9 Å². The van der Waals surface area contributed by atoms with Crippen LogP contribution in [-0.2, 0) is 25.6 Å². The number of halogens is 3. The molecule has 13 heteroatoms. The maximum Gasteiger partial charge on any atom is 0.416 e. The summed E-state index contributed by atoms with van der Waals surface area (Å²) in [6, 6.07) is 10.0. The van der Waals surface area contributed by atoms with Crippen LogP contribution in [0.1, 0.15) is 12.5 Å². The minimum absolute atomic E-state index is 0.0454. The number of alkyl halides is 3. The van der Waals surface area contributed by atoms with Crippen molar-refractivity contribution in [1.29, 1.82) is 0 Å². The molecular weight excluding hydrogens is 495 g/mol. The highest BCUT2D eigenvalue weighted by Gasteiger charge is 2.40. The van der Waals surface area contributed by atoms with Crippen LogP contribution in [0.25, 0.3) is 0 Å². The molecule has 2 unspecified atom stereocenters. The molecule has 2 aromatic carbocycles. The highest BCUT2D eigenvalue weighted by Crippen LogP contribution is 2.31. The third-order valence-electron chi connectivity index (χ3n) is 4.75. The summed E-state index contributed by atoms with van der Waals surface area (Å²) >= 11 is 1.03. The first-order valence-electron chi connectivity index (χ1n) is 10.1. The number of amides is 2. The van der Waals surface area contributed by atoms with Crippen molar-refractivity contribution in [1.82, 2.24) is 10.6 Å². The van der Waals surface area contributed by atoms with E-state index in [1.807, 2.05) is 6.92 Å². The number of benzene rings is 2. The van der Waals surface area contributed by atoms with Crippen LogP contribution < -0.4 is 20.7 Å². The van der Waals surface area contributed by atoms with Gasteiger partial charge in [-0.2, -0.15) is 13.2 Å². The van der Waals surface area contributed by atoms with Gasteiger partial charge < -0.3 is 15.4 Å². The molecule has 1 aliphatic heterocycles. The molecule has 2 atom stereocenters. The van der Waals surface area contributed by atoms with Gasteiger partial charge in [-0.3, -0.25) is 14.9 Å². The number of sulfone groups is 1. The quantitative estimate of drug-likeness (QED) is 0.493. The Bertz CT molecular complexity index is 1140. The second kappa shape index (κ2) is 10.7. The van der Waals surface area contributed by atoms with E-state index in [0.717, 1.165) is 30.0 Å². The Hall–Kier alpha value is -2.77. The van der Waals surface area contributed by atoms with Gasteiger partial charge in [-0.1, -0.05) is 6.07 Å². The van der Waals surface area contributed by atoms with Gasteiger partial charge in [0.25, 0.3) is 0 Å². The van der Waals surface area contributed by atoms with Crippen LogP contribution in [0.4, 0.5) is 18.9 Å². The van der Waals surface area contributed by atoms with E-state index in [4.69, 9.17) is 4.74 Å².